The Morgan fingerprint density at radius 3 is 2.09 bits per heavy atom. The number of hydrogen-bond donors (Lipinski definition) is 2. The van der Waals surface area contributed by atoms with Crippen LogP contribution in [0.25, 0.3) is 0 Å². The lowest BCUT2D eigenvalue weighted by molar-refractivity contribution is -0.123. The van der Waals surface area contributed by atoms with Crippen molar-refractivity contribution >= 4 is 23.2 Å². The summed E-state index contributed by atoms with van der Waals surface area (Å²) in [5, 5.41) is 5.97. The van der Waals surface area contributed by atoms with Crippen molar-refractivity contribution < 1.29 is 14.0 Å². The number of anilines is 2. The van der Waals surface area contributed by atoms with Crippen LogP contribution in [0.5, 0.6) is 0 Å². The van der Waals surface area contributed by atoms with Gasteiger partial charge < -0.3 is 10.6 Å². The summed E-state index contributed by atoms with van der Waals surface area (Å²) in [4.78, 5) is 30.2. The van der Waals surface area contributed by atoms with Crippen molar-refractivity contribution in [2.75, 3.05) is 43.4 Å². The quantitative estimate of drug-likeness (QED) is 0.534. The molecular formula is C28H31FN4O2. The monoisotopic (exact) mass is 474 g/mol. The third-order valence-electron chi connectivity index (χ3n) is 6.36. The van der Waals surface area contributed by atoms with E-state index >= 15 is 0 Å². The molecule has 1 unspecified atom stereocenters. The van der Waals surface area contributed by atoms with Crippen molar-refractivity contribution in [1.82, 2.24) is 9.80 Å². The van der Waals surface area contributed by atoms with Gasteiger partial charge in [0.25, 0.3) is 0 Å². The number of rotatable bonds is 7. The van der Waals surface area contributed by atoms with Gasteiger partial charge in [0.1, 0.15) is 11.9 Å². The fourth-order valence-corrected chi connectivity index (χ4v) is 4.48. The molecule has 1 aliphatic heterocycles. The van der Waals surface area contributed by atoms with Crippen LogP contribution >= 0.6 is 0 Å². The number of carbonyl (C=O) groups is 2. The van der Waals surface area contributed by atoms with Gasteiger partial charge in [-0.2, -0.15) is 0 Å². The first kappa shape index (κ1) is 24.6. The molecule has 1 atom stereocenters. The maximum atomic E-state index is 13.3. The van der Waals surface area contributed by atoms with E-state index in [1.165, 1.54) is 12.1 Å². The number of benzene rings is 3. The Hall–Kier alpha value is -3.55. The van der Waals surface area contributed by atoms with Gasteiger partial charge in [0.15, 0.2) is 0 Å². The van der Waals surface area contributed by atoms with Crippen LogP contribution in [0.4, 0.5) is 15.8 Å². The zero-order valence-electron chi connectivity index (χ0n) is 20.1. The number of nitrogens with zero attached hydrogens (tertiary/aromatic N) is 2. The van der Waals surface area contributed by atoms with Crippen molar-refractivity contribution in [1.29, 1.82) is 0 Å². The van der Waals surface area contributed by atoms with E-state index in [-0.39, 0.29) is 17.6 Å². The smallest absolute Gasteiger partial charge is 0.246 e. The first-order chi connectivity index (χ1) is 16.9. The molecule has 1 fully saturated rings. The lowest BCUT2D eigenvalue weighted by Gasteiger charge is -2.38. The molecule has 2 amide bonds. The van der Waals surface area contributed by atoms with Gasteiger partial charge in [0.05, 0.1) is 6.54 Å². The van der Waals surface area contributed by atoms with Crippen molar-refractivity contribution in [2.45, 2.75) is 19.9 Å². The van der Waals surface area contributed by atoms with Crippen LogP contribution in [0.2, 0.25) is 0 Å². The van der Waals surface area contributed by atoms with Gasteiger partial charge in [0.2, 0.25) is 11.8 Å². The number of carbonyl (C=O) groups excluding carboxylic acids is 2. The molecule has 6 nitrogen and oxygen atoms in total. The third kappa shape index (κ3) is 6.32. The first-order valence-electron chi connectivity index (χ1n) is 11.8. The van der Waals surface area contributed by atoms with Gasteiger partial charge >= 0.3 is 0 Å². The third-order valence-corrected chi connectivity index (χ3v) is 6.36. The van der Waals surface area contributed by atoms with Crippen LogP contribution in [-0.4, -0.2) is 54.3 Å². The topological polar surface area (TPSA) is 64.7 Å². The highest BCUT2D eigenvalue weighted by Gasteiger charge is 2.31. The van der Waals surface area contributed by atoms with Gasteiger partial charge in [0, 0.05) is 37.6 Å². The molecule has 3 aromatic rings. The minimum absolute atomic E-state index is 0.0375. The second-order valence-electron chi connectivity index (χ2n) is 8.94. The van der Waals surface area contributed by atoms with Gasteiger partial charge in [-0.1, -0.05) is 48.5 Å². The van der Waals surface area contributed by atoms with Crippen molar-refractivity contribution in [2.24, 2.45) is 0 Å². The van der Waals surface area contributed by atoms with Gasteiger partial charge in [-0.15, -0.1) is 0 Å². The van der Waals surface area contributed by atoms with E-state index in [4.69, 9.17) is 0 Å². The Kier molecular flexibility index (Phi) is 7.90. The summed E-state index contributed by atoms with van der Waals surface area (Å²) in [5.41, 5.74) is 4.41. The summed E-state index contributed by atoms with van der Waals surface area (Å²) in [6, 6.07) is 20.9. The molecule has 2 N–H and O–H groups in total. The van der Waals surface area contributed by atoms with E-state index in [9.17, 15) is 14.0 Å². The van der Waals surface area contributed by atoms with Crippen LogP contribution in [0.15, 0.2) is 72.8 Å². The molecule has 35 heavy (non-hydrogen) atoms. The molecule has 182 valence electrons. The Bertz CT molecular complexity index is 1140. The molecule has 0 bridgehead atoms. The highest BCUT2D eigenvalue weighted by molar-refractivity contribution is 5.95. The fraction of sp³-hybridized carbons (Fsp3) is 0.286. The molecule has 1 aliphatic rings. The van der Waals surface area contributed by atoms with Crippen molar-refractivity contribution in [3.05, 3.63) is 95.3 Å². The molecule has 0 aliphatic carbocycles. The van der Waals surface area contributed by atoms with Crippen LogP contribution in [0.3, 0.4) is 0 Å². The van der Waals surface area contributed by atoms with Crippen LogP contribution in [0, 0.1) is 19.7 Å². The molecule has 7 heteroatoms. The van der Waals surface area contributed by atoms with Crippen molar-refractivity contribution in [3.63, 3.8) is 0 Å². The zero-order chi connectivity index (χ0) is 24.8. The number of para-hydroxylation sites is 1. The van der Waals surface area contributed by atoms with Crippen LogP contribution in [0.1, 0.15) is 22.7 Å². The SMILES string of the molecule is Cc1cccc(C)c1NC(=O)CN1CCN(C(C(=O)Nc2ccc(F)cc2)c2ccccc2)CC1. The van der Waals surface area contributed by atoms with E-state index in [2.05, 4.69) is 20.4 Å². The van der Waals surface area contributed by atoms with Crippen LogP contribution < -0.4 is 10.6 Å². The second-order valence-corrected chi connectivity index (χ2v) is 8.94. The molecule has 0 aromatic heterocycles. The molecule has 0 radical (unpaired) electrons. The number of amides is 2. The Balaban J connectivity index is 1.39. The Morgan fingerprint density at radius 1 is 0.829 bits per heavy atom. The molecule has 1 saturated heterocycles. The summed E-state index contributed by atoms with van der Waals surface area (Å²) in [7, 11) is 0. The number of halogens is 1. The molecular weight excluding hydrogens is 443 g/mol. The molecule has 1 heterocycles. The van der Waals surface area contributed by atoms with Gasteiger partial charge in [-0.05, 0) is 54.8 Å². The molecule has 3 aromatic carbocycles. The number of aryl methyl sites for hydroxylation is 2. The lowest BCUT2D eigenvalue weighted by Crippen LogP contribution is -2.51. The summed E-state index contributed by atoms with van der Waals surface area (Å²) >= 11 is 0. The standard InChI is InChI=1S/C28H31FN4O2/c1-20-7-6-8-21(2)26(20)31-25(34)19-32-15-17-33(18-16-32)27(22-9-4-3-5-10-22)28(35)30-24-13-11-23(29)12-14-24/h3-14,27H,15-19H2,1-2H3,(H,30,35)(H,31,34). The second kappa shape index (κ2) is 11.3. The molecule has 4 rings (SSSR count). The van der Waals surface area contributed by atoms with E-state index < -0.39 is 6.04 Å². The highest BCUT2D eigenvalue weighted by atomic mass is 19.1. The fourth-order valence-electron chi connectivity index (χ4n) is 4.48. The number of piperazine rings is 1. The first-order valence-corrected chi connectivity index (χ1v) is 11.8. The Morgan fingerprint density at radius 2 is 1.46 bits per heavy atom. The van der Waals surface area contributed by atoms with E-state index in [1.807, 2.05) is 62.4 Å². The summed E-state index contributed by atoms with van der Waals surface area (Å²) in [6.45, 7) is 6.92. The average molecular weight is 475 g/mol. The van der Waals surface area contributed by atoms with E-state index in [0.717, 1.165) is 22.4 Å². The molecule has 0 spiro atoms. The lowest BCUT2D eigenvalue weighted by atomic mass is 10.0. The summed E-state index contributed by atoms with van der Waals surface area (Å²) < 4.78 is 13.3. The largest absolute Gasteiger partial charge is 0.324 e. The van der Waals surface area contributed by atoms with Crippen LogP contribution in [-0.2, 0) is 9.59 Å². The van der Waals surface area contributed by atoms with Gasteiger partial charge in [-0.3, -0.25) is 19.4 Å². The van der Waals surface area contributed by atoms with E-state index in [1.54, 1.807) is 12.1 Å². The molecule has 0 saturated carbocycles. The van der Waals surface area contributed by atoms with Gasteiger partial charge in [-0.25, -0.2) is 4.39 Å². The predicted octanol–water partition coefficient (Wildman–Crippen LogP) is 4.38. The predicted molar refractivity (Wildman–Crippen MR) is 137 cm³/mol. The van der Waals surface area contributed by atoms with E-state index in [0.29, 0.717) is 38.4 Å². The number of nitrogens with one attached hydrogen (secondary N) is 2. The zero-order valence-corrected chi connectivity index (χ0v) is 20.1. The van der Waals surface area contributed by atoms with Crippen molar-refractivity contribution in [3.8, 4) is 0 Å². The summed E-state index contributed by atoms with van der Waals surface area (Å²) in [5.74, 6) is -0.547. The maximum Gasteiger partial charge on any atom is 0.246 e. The maximum absolute atomic E-state index is 13.3. The average Bonchev–Trinajstić information content (AvgIpc) is 2.85. The minimum Gasteiger partial charge on any atom is -0.324 e. The highest BCUT2D eigenvalue weighted by Crippen LogP contribution is 2.25. The number of hydrogen-bond acceptors (Lipinski definition) is 4. The minimum atomic E-state index is -0.480. The Labute approximate surface area is 205 Å². The summed E-state index contributed by atoms with van der Waals surface area (Å²) in [6.07, 6.45) is 0. The normalized spacial score (nSPS) is 15.4.